The Bertz CT molecular complexity index is 2110. The van der Waals surface area contributed by atoms with Gasteiger partial charge in [0.05, 0.1) is 45.9 Å². The van der Waals surface area contributed by atoms with Gasteiger partial charge in [-0.1, -0.05) is 24.3 Å². The molecule has 4 aromatic carbocycles. The SMILES string of the molecule is Cc1cc([C@@H](C)Nc2ccccc2C(=O)O)c2nc(N3CCN(c4ccc(C#N)c5cc(C#N)ccc45)CC3)c(C#N)nc2c1. The van der Waals surface area contributed by atoms with Gasteiger partial charge in [0.25, 0.3) is 0 Å². The molecule has 1 aliphatic heterocycles. The Labute approximate surface area is 260 Å². The number of fused-ring (bicyclic) bond motifs is 2. The van der Waals surface area contributed by atoms with Gasteiger partial charge in [-0.15, -0.1) is 0 Å². The van der Waals surface area contributed by atoms with E-state index in [1.165, 1.54) is 0 Å². The summed E-state index contributed by atoms with van der Waals surface area (Å²) in [5.74, 6) is -0.503. The molecule has 6 rings (SSSR count). The van der Waals surface area contributed by atoms with Crippen molar-refractivity contribution in [2.75, 3.05) is 41.3 Å². The number of para-hydroxylation sites is 1. The molecular weight excluding hydrogens is 564 g/mol. The topological polar surface area (TPSA) is 153 Å². The highest BCUT2D eigenvalue weighted by molar-refractivity contribution is 5.99. The number of nitrogens with one attached hydrogen (secondary N) is 1. The Hall–Kier alpha value is -6.18. The Morgan fingerprint density at radius 1 is 0.889 bits per heavy atom. The quantitative estimate of drug-likeness (QED) is 0.243. The molecule has 5 aromatic rings. The number of piperazine rings is 1. The van der Waals surface area contributed by atoms with Crippen molar-refractivity contribution in [3.63, 3.8) is 0 Å². The van der Waals surface area contributed by atoms with Crippen LogP contribution in [0.2, 0.25) is 0 Å². The predicted molar refractivity (Wildman–Crippen MR) is 172 cm³/mol. The van der Waals surface area contributed by atoms with Crippen molar-refractivity contribution in [1.82, 2.24) is 9.97 Å². The fourth-order valence-corrected chi connectivity index (χ4v) is 5.99. The van der Waals surface area contributed by atoms with Gasteiger partial charge in [-0.05, 0) is 61.9 Å². The van der Waals surface area contributed by atoms with E-state index < -0.39 is 5.97 Å². The molecule has 1 saturated heterocycles. The molecule has 10 nitrogen and oxygen atoms in total. The monoisotopic (exact) mass is 592 g/mol. The lowest BCUT2D eigenvalue weighted by molar-refractivity contribution is 0.0698. The van der Waals surface area contributed by atoms with Gasteiger partial charge in [0.2, 0.25) is 0 Å². The first-order valence-corrected chi connectivity index (χ1v) is 14.5. The van der Waals surface area contributed by atoms with Gasteiger partial charge in [-0.2, -0.15) is 15.8 Å². The number of nitrogens with zero attached hydrogens (tertiary/aromatic N) is 7. The summed E-state index contributed by atoms with van der Waals surface area (Å²) < 4.78 is 0. The van der Waals surface area contributed by atoms with Crippen LogP contribution in [0.1, 0.15) is 51.3 Å². The van der Waals surface area contributed by atoms with Crippen LogP contribution in [-0.4, -0.2) is 47.2 Å². The number of carboxylic acids is 1. The maximum absolute atomic E-state index is 11.8. The summed E-state index contributed by atoms with van der Waals surface area (Å²) in [6.07, 6.45) is 0. The zero-order valence-corrected chi connectivity index (χ0v) is 24.7. The van der Waals surface area contributed by atoms with E-state index in [4.69, 9.17) is 9.97 Å². The highest BCUT2D eigenvalue weighted by Crippen LogP contribution is 2.33. The molecule has 0 bridgehead atoms. The molecule has 0 unspecified atom stereocenters. The number of carboxylic acid groups (broad SMARTS) is 1. The summed E-state index contributed by atoms with van der Waals surface area (Å²) in [6, 6.07) is 26.2. The Morgan fingerprint density at radius 2 is 1.64 bits per heavy atom. The molecule has 45 heavy (non-hydrogen) atoms. The van der Waals surface area contributed by atoms with Gasteiger partial charge in [-0.25, -0.2) is 14.8 Å². The van der Waals surface area contributed by atoms with E-state index in [0.29, 0.717) is 59.8 Å². The van der Waals surface area contributed by atoms with Crippen LogP contribution in [0.3, 0.4) is 0 Å². The van der Waals surface area contributed by atoms with Crippen LogP contribution < -0.4 is 15.1 Å². The third-order valence-corrected chi connectivity index (χ3v) is 8.19. The molecule has 0 radical (unpaired) electrons. The molecular formula is C35H28N8O2. The summed E-state index contributed by atoms with van der Waals surface area (Å²) in [6.45, 7) is 6.39. The van der Waals surface area contributed by atoms with Crippen LogP contribution in [0.5, 0.6) is 0 Å². The lowest BCUT2D eigenvalue weighted by Gasteiger charge is -2.37. The van der Waals surface area contributed by atoms with Crippen molar-refractivity contribution >= 4 is 45.0 Å². The van der Waals surface area contributed by atoms with Gasteiger partial charge in [0.15, 0.2) is 11.5 Å². The van der Waals surface area contributed by atoms with Crippen molar-refractivity contribution in [2.45, 2.75) is 19.9 Å². The first kappa shape index (κ1) is 28.9. The molecule has 1 aliphatic rings. The van der Waals surface area contributed by atoms with Crippen LogP contribution in [0.4, 0.5) is 17.2 Å². The van der Waals surface area contributed by atoms with E-state index in [2.05, 4.69) is 33.3 Å². The zero-order chi connectivity index (χ0) is 31.7. The average molecular weight is 593 g/mol. The second-order valence-electron chi connectivity index (χ2n) is 11.0. The molecule has 10 heteroatoms. The maximum atomic E-state index is 11.8. The number of aromatic nitrogens is 2. The molecule has 0 amide bonds. The second kappa shape index (κ2) is 11.8. The molecule has 2 heterocycles. The normalized spacial score (nSPS) is 13.6. The lowest BCUT2D eigenvalue weighted by Crippen LogP contribution is -2.47. The highest BCUT2D eigenvalue weighted by Gasteiger charge is 2.25. The number of anilines is 3. The summed E-state index contributed by atoms with van der Waals surface area (Å²) in [4.78, 5) is 25.9. The van der Waals surface area contributed by atoms with Crippen LogP contribution >= 0.6 is 0 Å². The third kappa shape index (κ3) is 5.40. The largest absolute Gasteiger partial charge is 0.478 e. The highest BCUT2D eigenvalue weighted by atomic mass is 16.4. The number of hydrogen-bond acceptors (Lipinski definition) is 9. The van der Waals surface area contributed by atoms with Crippen molar-refractivity contribution in [2.24, 2.45) is 0 Å². The van der Waals surface area contributed by atoms with E-state index in [-0.39, 0.29) is 17.3 Å². The number of hydrogen-bond donors (Lipinski definition) is 2. The zero-order valence-electron chi connectivity index (χ0n) is 24.7. The summed E-state index contributed by atoms with van der Waals surface area (Å²) in [7, 11) is 0. The lowest BCUT2D eigenvalue weighted by atomic mass is 10.00. The van der Waals surface area contributed by atoms with Crippen molar-refractivity contribution < 1.29 is 9.90 Å². The first-order chi connectivity index (χ1) is 21.8. The summed E-state index contributed by atoms with van der Waals surface area (Å²) >= 11 is 0. The minimum absolute atomic E-state index is 0.179. The van der Waals surface area contributed by atoms with E-state index in [1.807, 2.05) is 38.1 Å². The number of aryl methyl sites for hydroxylation is 1. The van der Waals surface area contributed by atoms with Crippen molar-refractivity contribution in [3.8, 4) is 18.2 Å². The smallest absolute Gasteiger partial charge is 0.337 e. The molecule has 220 valence electrons. The van der Waals surface area contributed by atoms with E-state index in [9.17, 15) is 25.7 Å². The standard InChI is InChI=1S/C35H28N8O2/c1-21-15-27(22(2)39-29-6-4-3-5-26(29)35(44)45)33-30(16-21)40-31(20-38)34(41-33)43-13-11-42(12-14-43)32-10-8-24(19-37)28-17-23(18-36)7-9-25(28)32/h3-10,15-17,22,39H,11-14H2,1-2H3,(H,44,45)/t22-/m1/s1. The number of nitriles is 3. The summed E-state index contributed by atoms with van der Waals surface area (Å²) in [5, 5.41) is 43.8. The van der Waals surface area contributed by atoms with E-state index in [1.54, 1.807) is 42.5 Å². The van der Waals surface area contributed by atoms with Gasteiger partial charge in [-0.3, -0.25) is 0 Å². The molecule has 1 aromatic heterocycles. The summed E-state index contributed by atoms with van der Waals surface area (Å²) in [5.41, 5.74) is 6.00. The van der Waals surface area contributed by atoms with Crippen molar-refractivity contribution in [3.05, 3.63) is 100 Å². The van der Waals surface area contributed by atoms with Crippen molar-refractivity contribution in [1.29, 1.82) is 15.8 Å². The van der Waals surface area contributed by atoms with Gasteiger partial charge < -0.3 is 20.2 Å². The maximum Gasteiger partial charge on any atom is 0.337 e. The Balaban J connectivity index is 1.32. The number of aromatic carboxylic acids is 1. The Kier molecular flexibility index (Phi) is 7.61. The Morgan fingerprint density at radius 3 is 2.36 bits per heavy atom. The molecule has 0 spiro atoms. The van der Waals surface area contributed by atoms with Crippen LogP contribution in [0.25, 0.3) is 21.8 Å². The number of benzene rings is 4. The predicted octanol–water partition coefficient (Wildman–Crippen LogP) is 5.90. The fourth-order valence-electron chi connectivity index (χ4n) is 5.99. The molecule has 1 fully saturated rings. The second-order valence-corrected chi connectivity index (χ2v) is 11.0. The first-order valence-electron chi connectivity index (χ1n) is 14.5. The van der Waals surface area contributed by atoms with Gasteiger partial charge in [0, 0.05) is 53.9 Å². The van der Waals surface area contributed by atoms with Gasteiger partial charge in [0.1, 0.15) is 6.07 Å². The third-order valence-electron chi connectivity index (χ3n) is 8.19. The molecule has 0 saturated carbocycles. The molecule has 2 N–H and O–H groups in total. The minimum Gasteiger partial charge on any atom is -0.478 e. The van der Waals surface area contributed by atoms with E-state index in [0.717, 1.165) is 27.6 Å². The average Bonchev–Trinajstić information content (AvgIpc) is 3.06. The number of carbonyl (C=O) groups is 1. The van der Waals surface area contributed by atoms with E-state index >= 15 is 0 Å². The van der Waals surface area contributed by atoms with Crippen LogP contribution in [0.15, 0.2) is 66.7 Å². The van der Waals surface area contributed by atoms with Crippen LogP contribution in [-0.2, 0) is 0 Å². The molecule has 0 aliphatic carbocycles. The fraction of sp³-hybridized carbons (Fsp3) is 0.200. The minimum atomic E-state index is -1.01. The van der Waals surface area contributed by atoms with Gasteiger partial charge >= 0.3 is 5.97 Å². The van der Waals surface area contributed by atoms with Crippen LogP contribution in [0, 0.1) is 40.9 Å². The number of rotatable bonds is 6. The molecule has 1 atom stereocenters.